The average molecular weight is 451 g/mol. The Kier molecular flexibility index (Phi) is 6.31. The molecule has 174 valence electrons. The highest BCUT2D eigenvalue weighted by Gasteiger charge is 2.39. The van der Waals surface area contributed by atoms with E-state index in [1.807, 2.05) is 23.1 Å². The molecule has 0 aromatic heterocycles. The number of piperazine rings is 1. The summed E-state index contributed by atoms with van der Waals surface area (Å²) in [5.74, 6) is 0.395. The molecule has 2 saturated heterocycles. The molecule has 6 nitrogen and oxygen atoms in total. The van der Waals surface area contributed by atoms with Crippen LogP contribution in [0.2, 0.25) is 0 Å². The van der Waals surface area contributed by atoms with Gasteiger partial charge in [-0.3, -0.25) is 15.0 Å². The van der Waals surface area contributed by atoms with Crippen molar-refractivity contribution < 1.29 is 14.0 Å². The van der Waals surface area contributed by atoms with Crippen molar-refractivity contribution in [3.63, 3.8) is 0 Å². The van der Waals surface area contributed by atoms with Crippen LogP contribution in [0.25, 0.3) is 0 Å². The number of nitrogens with one attached hydrogen (secondary N) is 2. The Bertz CT molecular complexity index is 1000. The molecule has 3 atom stereocenters. The van der Waals surface area contributed by atoms with Crippen LogP contribution in [-0.4, -0.2) is 48.9 Å². The number of carbonyl (C=O) groups is 2. The monoisotopic (exact) mass is 450 g/mol. The number of anilines is 1. The van der Waals surface area contributed by atoms with Crippen LogP contribution >= 0.6 is 0 Å². The van der Waals surface area contributed by atoms with Crippen molar-refractivity contribution in [2.24, 2.45) is 11.8 Å². The van der Waals surface area contributed by atoms with E-state index in [2.05, 4.69) is 21.8 Å². The van der Waals surface area contributed by atoms with Crippen LogP contribution in [-0.2, 0) is 11.2 Å². The van der Waals surface area contributed by atoms with Gasteiger partial charge < -0.3 is 9.80 Å². The van der Waals surface area contributed by atoms with Gasteiger partial charge in [-0.2, -0.15) is 0 Å². The Morgan fingerprint density at radius 3 is 2.55 bits per heavy atom. The van der Waals surface area contributed by atoms with Crippen LogP contribution in [0.5, 0.6) is 0 Å². The van der Waals surface area contributed by atoms with E-state index in [-0.39, 0.29) is 29.6 Å². The predicted octanol–water partition coefficient (Wildman–Crippen LogP) is 3.14. The molecule has 1 aliphatic carbocycles. The molecule has 3 unspecified atom stereocenters. The van der Waals surface area contributed by atoms with Gasteiger partial charge in [0.1, 0.15) is 5.82 Å². The zero-order valence-corrected chi connectivity index (χ0v) is 18.8. The van der Waals surface area contributed by atoms with Crippen LogP contribution < -0.4 is 15.8 Å². The number of amides is 2. The number of nitrogens with zero attached hydrogens (tertiary/aromatic N) is 2. The summed E-state index contributed by atoms with van der Waals surface area (Å²) in [6, 6.07) is 14.6. The third-order valence-electron chi connectivity index (χ3n) is 7.44. The molecule has 7 heteroatoms. The molecule has 2 N–H and O–H groups in total. The molecule has 0 spiro atoms. The topological polar surface area (TPSA) is 64.7 Å². The maximum Gasteiger partial charge on any atom is 0.253 e. The molecule has 5 rings (SSSR count). The van der Waals surface area contributed by atoms with Crippen LogP contribution in [0.15, 0.2) is 48.5 Å². The summed E-state index contributed by atoms with van der Waals surface area (Å²) >= 11 is 0. The Labute approximate surface area is 194 Å². The van der Waals surface area contributed by atoms with E-state index in [0.29, 0.717) is 24.6 Å². The highest BCUT2D eigenvalue weighted by molar-refractivity contribution is 5.94. The number of benzene rings is 2. The maximum absolute atomic E-state index is 13.2. The summed E-state index contributed by atoms with van der Waals surface area (Å²) in [6.07, 6.45) is 5.14. The van der Waals surface area contributed by atoms with Gasteiger partial charge in [-0.1, -0.05) is 25.0 Å². The second-order valence-corrected chi connectivity index (χ2v) is 9.46. The van der Waals surface area contributed by atoms with Crippen molar-refractivity contribution in [2.75, 3.05) is 31.1 Å². The molecular formula is C26H31FN4O2. The van der Waals surface area contributed by atoms with Crippen LogP contribution in [0, 0.1) is 17.7 Å². The fourth-order valence-electron chi connectivity index (χ4n) is 5.62. The first kappa shape index (κ1) is 21.9. The molecule has 2 aliphatic heterocycles. The van der Waals surface area contributed by atoms with Gasteiger partial charge in [-0.25, -0.2) is 9.82 Å². The standard InChI is InChI=1S/C26H31FN4O2/c27-20-8-10-21(11-9-20)30-12-14-31(15-13-30)26(33)19-5-3-4-18(16-19)17-24-22-6-1-2-7-23(22)25(32)29-28-24/h3-5,8-11,16,22-24,28H,1-2,6-7,12-15,17H2,(H,29,32). The zero-order chi connectivity index (χ0) is 22.8. The molecule has 33 heavy (non-hydrogen) atoms. The zero-order valence-electron chi connectivity index (χ0n) is 18.8. The van der Waals surface area contributed by atoms with Crippen molar-refractivity contribution in [3.05, 3.63) is 65.5 Å². The van der Waals surface area contributed by atoms with Gasteiger partial charge in [0.2, 0.25) is 5.91 Å². The normalized spacial score (nSPS) is 25.4. The highest BCUT2D eigenvalue weighted by atomic mass is 19.1. The quantitative estimate of drug-likeness (QED) is 0.751. The summed E-state index contributed by atoms with van der Waals surface area (Å²) in [7, 11) is 0. The number of halogens is 1. The van der Waals surface area contributed by atoms with Crippen molar-refractivity contribution in [3.8, 4) is 0 Å². The Hall–Kier alpha value is -2.93. The molecule has 2 aromatic carbocycles. The van der Waals surface area contributed by atoms with Gasteiger partial charge in [0.15, 0.2) is 0 Å². The van der Waals surface area contributed by atoms with Crippen LogP contribution in [0.1, 0.15) is 41.6 Å². The Balaban J connectivity index is 1.21. The van der Waals surface area contributed by atoms with E-state index in [1.54, 1.807) is 12.1 Å². The van der Waals surface area contributed by atoms with E-state index < -0.39 is 0 Å². The molecular weight excluding hydrogens is 419 g/mol. The van der Waals surface area contributed by atoms with Crippen LogP contribution in [0.3, 0.4) is 0 Å². The molecule has 3 fully saturated rings. The SMILES string of the molecule is O=C1NNC(Cc2cccc(C(=O)N3CCN(c4ccc(F)cc4)CC3)c2)C2CCCCC12. The molecule has 0 bridgehead atoms. The fraction of sp³-hybridized carbons (Fsp3) is 0.462. The van der Waals surface area contributed by atoms with Crippen molar-refractivity contribution >= 4 is 17.5 Å². The number of carbonyl (C=O) groups excluding carboxylic acids is 2. The van der Waals surface area contributed by atoms with Crippen molar-refractivity contribution in [1.82, 2.24) is 15.8 Å². The van der Waals surface area contributed by atoms with Gasteiger partial charge in [-0.15, -0.1) is 0 Å². The number of rotatable bonds is 4. The third-order valence-corrected chi connectivity index (χ3v) is 7.44. The second-order valence-electron chi connectivity index (χ2n) is 9.46. The summed E-state index contributed by atoms with van der Waals surface area (Å²) in [4.78, 5) is 29.5. The van der Waals surface area contributed by atoms with Gasteiger partial charge in [-0.05, 0) is 67.1 Å². The lowest BCUT2D eigenvalue weighted by atomic mass is 9.72. The molecule has 0 radical (unpaired) electrons. The van der Waals surface area contributed by atoms with E-state index in [0.717, 1.165) is 50.0 Å². The first-order valence-corrected chi connectivity index (χ1v) is 12.0. The smallest absolute Gasteiger partial charge is 0.253 e. The van der Waals surface area contributed by atoms with E-state index in [9.17, 15) is 14.0 Å². The van der Waals surface area contributed by atoms with E-state index in [4.69, 9.17) is 0 Å². The maximum atomic E-state index is 13.2. The van der Waals surface area contributed by atoms with Gasteiger partial charge in [0, 0.05) is 49.4 Å². The second kappa shape index (κ2) is 9.51. The minimum Gasteiger partial charge on any atom is -0.368 e. The lowest BCUT2D eigenvalue weighted by molar-refractivity contribution is -0.133. The molecule has 3 aliphatic rings. The third kappa shape index (κ3) is 4.74. The van der Waals surface area contributed by atoms with Gasteiger partial charge in [0.25, 0.3) is 5.91 Å². The number of hydrogen-bond acceptors (Lipinski definition) is 4. The van der Waals surface area contributed by atoms with Gasteiger partial charge >= 0.3 is 0 Å². The predicted molar refractivity (Wildman–Crippen MR) is 125 cm³/mol. The largest absolute Gasteiger partial charge is 0.368 e. The number of fused-ring (bicyclic) bond motifs is 1. The Morgan fingerprint density at radius 2 is 1.76 bits per heavy atom. The minimum absolute atomic E-state index is 0.0519. The Morgan fingerprint density at radius 1 is 1.00 bits per heavy atom. The first-order chi connectivity index (χ1) is 16.1. The van der Waals surface area contributed by atoms with Crippen LogP contribution in [0.4, 0.5) is 10.1 Å². The summed E-state index contributed by atoms with van der Waals surface area (Å²) in [5, 5.41) is 0. The summed E-state index contributed by atoms with van der Waals surface area (Å²) < 4.78 is 13.2. The first-order valence-electron chi connectivity index (χ1n) is 12.0. The minimum atomic E-state index is -0.239. The average Bonchev–Trinajstić information content (AvgIpc) is 2.86. The summed E-state index contributed by atoms with van der Waals surface area (Å²) in [5.41, 5.74) is 8.91. The summed E-state index contributed by atoms with van der Waals surface area (Å²) in [6.45, 7) is 2.73. The van der Waals surface area contributed by atoms with E-state index in [1.165, 1.54) is 18.6 Å². The molecule has 1 saturated carbocycles. The van der Waals surface area contributed by atoms with E-state index >= 15 is 0 Å². The number of hydrazine groups is 1. The molecule has 2 amide bonds. The van der Waals surface area contributed by atoms with Gasteiger partial charge in [0.05, 0.1) is 0 Å². The molecule has 2 aromatic rings. The lowest BCUT2D eigenvalue weighted by Crippen LogP contribution is -2.60. The van der Waals surface area contributed by atoms with Crippen molar-refractivity contribution in [1.29, 1.82) is 0 Å². The van der Waals surface area contributed by atoms with Crippen molar-refractivity contribution in [2.45, 2.75) is 38.1 Å². The number of hydrogen-bond donors (Lipinski definition) is 2. The molecule has 2 heterocycles. The highest BCUT2D eigenvalue weighted by Crippen LogP contribution is 2.35. The lowest BCUT2D eigenvalue weighted by Gasteiger charge is -2.41. The fourth-order valence-corrected chi connectivity index (χ4v) is 5.62.